The molecule has 0 aromatic heterocycles. The molecule has 0 aliphatic rings. The van der Waals surface area contributed by atoms with Crippen molar-refractivity contribution in [3.05, 3.63) is 0 Å². The van der Waals surface area contributed by atoms with E-state index in [1.54, 1.807) is 0 Å². The zero-order valence-electron chi connectivity index (χ0n) is 42.3. The summed E-state index contributed by atoms with van der Waals surface area (Å²) >= 11 is 0. The van der Waals surface area contributed by atoms with Gasteiger partial charge in [-0.3, -0.25) is 14.4 Å². The molecule has 0 bridgehead atoms. The van der Waals surface area contributed by atoms with Crippen LogP contribution in [0.3, 0.4) is 0 Å². The number of carbonyl (C=O) groups is 3. The van der Waals surface area contributed by atoms with Gasteiger partial charge in [0.05, 0.1) is 0 Å². The van der Waals surface area contributed by atoms with Crippen molar-refractivity contribution < 1.29 is 28.6 Å². The van der Waals surface area contributed by atoms with E-state index >= 15 is 0 Å². The summed E-state index contributed by atoms with van der Waals surface area (Å²) < 4.78 is 16.9. The molecule has 0 aliphatic heterocycles. The lowest BCUT2D eigenvalue weighted by atomic mass is 10.0. The SMILES string of the molecule is CCCCCCCCCCCCCCCCCCCCC(=O)OC[C@@H](COC(=O)CCCCCCCCCCCC(C)C)OC(=O)CCCCCCCCCCCCCCCC. The van der Waals surface area contributed by atoms with Gasteiger partial charge >= 0.3 is 17.9 Å². The van der Waals surface area contributed by atoms with Gasteiger partial charge in [-0.05, 0) is 25.2 Å². The van der Waals surface area contributed by atoms with E-state index in [-0.39, 0.29) is 31.1 Å². The molecular weight excluding hydrogens is 769 g/mol. The zero-order valence-corrected chi connectivity index (χ0v) is 42.3. The molecule has 0 aromatic carbocycles. The summed E-state index contributed by atoms with van der Waals surface area (Å²) in [5.74, 6) is -0.0314. The van der Waals surface area contributed by atoms with Crippen LogP contribution in [0.5, 0.6) is 0 Å². The summed E-state index contributed by atoms with van der Waals surface area (Å²) in [5, 5.41) is 0. The molecule has 62 heavy (non-hydrogen) atoms. The third-order valence-corrected chi connectivity index (χ3v) is 12.8. The Hall–Kier alpha value is -1.59. The van der Waals surface area contributed by atoms with Gasteiger partial charge in [0.2, 0.25) is 0 Å². The van der Waals surface area contributed by atoms with Gasteiger partial charge in [0.25, 0.3) is 0 Å². The molecule has 1 atom stereocenters. The Balaban J connectivity index is 4.27. The summed E-state index contributed by atoms with van der Waals surface area (Å²) in [4.78, 5) is 38.0. The van der Waals surface area contributed by atoms with E-state index in [4.69, 9.17) is 14.2 Å². The van der Waals surface area contributed by atoms with Crippen molar-refractivity contribution >= 4 is 17.9 Å². The van der Waals surface area contributed by atoms with Crippen LogP contribution >= 0.6 is 0 Å². The van der Waals surface area contributed by atoms with Crippen LogP contribution in [-0.2, 0) is 28.6 Å². The van der Waals surface area contributed by atoms with E-state index in [0.717, 1.165) is 63.7 Å². The number of carbonyl (C=O) groups excluding carboxylic acids is 3. The molecule has 0 spiro atoms. The topological polar surface area (TPSA) is 78.9 Å². The Morgan fingerprint density at radius 1 is 0.306 bits per heavy atom. The number of rotatable bonds is 51. The van der Waals surface area contributed by atoms with E-state index < -0.39 is 6.10 Å². The maximum atomic E-state index is 12.8. The first-order valence-corrected chi connectivity index (χ1v) is 27.9. The van der Waals surface area contributed by atoms with Crippen LogP contribution in [0.25, 0.3) is 0 Å². The number of hydrogen-bond acceptors (Lipinski definition) is 6. The summed E-state index contributed by atoms with van der Waals surface area (Å²) in [6, 6.07) is 0. The Kier molecular flexibility index (Phi) is 49.1. The first-order valence-electron chi connectivity index (χ1n) is 27.9. The fourth-order valence-corrected chi connectivity index (χ4v) is 8.57. The molecule has 0 rings (SSSR count). The van der Waals surface area contributed by atoms with Crippen molar-refractivity contribution in [1.82, 2.24) is 0 Å². The highest BCUT2D eigenvalue weighted by Gasteiger charge is 2.19. The van der Waals surface area contributed by atoms with Crippen LogP contribution in [0.4, 0.5) is 0 Å². The Morgan fingerprint density at radius 3 is 0.790 bits per heavy atom. The molecule has 0 unspecified atom stereocenters. The standard InChI is InChI=1S/C56H108O6/c1-5-7-9-11-13-15-17-19-21-22-23-24-26-27-31-35-39-43-47-54(57)60-50-53(51-61-55(58)48-44-40-36-33-29-30-34-38-42-46-52(3)4)62-56(59)49-45-41-37-32-28-25-20-18-16-14-12-10-8-6-2/h52-53H,5-51H2,1-4H3/t53-/m0/s1. The van der Waals surface area contributed by atoms with E-state index in [1.807, 2.05) is 0 Å². The minimum atomic E-state index is -0.761. The quantitative estimate of drug-likeness (QED) is 0.0344. The van der Waals surface area contributed by atoms with Crippen molar-refractivity contribution in [2.24, 2.45) is 5.92 Å². The normalized spacial score (nSPS) is 12.0. The van der Waals surface area contributed by atoms with Gasteiger partial charge in [0, 0.05) is 19.3 Å². The number of unbranched alkanes of at least 4 members (excludes halogenated alkanes) is 38. The van der Waals surface area contributed by atoms with Crippen molar-refractivity contribution in [1.29, 1.82) is 0 Å². The van der Waals surface area contributed by atoms with Crippen LogP contribution in [0.2, 0.25) is 0 Å². The van der Waals surface area contributed by atoms with Crippen LogP contribution in [0.15, 0.2) is 0 Å². The molecule has 6 nitrogen and oxygen atoms in total. The van der Waals surface area contributed by atoms with E-state index in [2.05, 4.69) is 27.7 Å². The van der Waals surface area contributed by atoms with Gasteiger partial charge in [0.1, 0.15) is 13.2 Å². The summed E-state index contributed by atoms with van der Waals surface area (Å²) in [5.41, 5.74) is 0. The second kappa shape index (κ2) is 50.4. The molecule has 0 amide bonds. The van der Waals surface area contributed by atoms with Crippen LogP contribution in [-0.4, -0.2) is 37.2 Å². The zero-order chi connectivity index (χ0) is 45.2. The molecule has 0 heterocycles. The third kappa shape index (κ3) is 49.4. The van der Waals surface area contributed by atoms with E-state index in [9.17, 15) is 14.4 Å². The van der Waals surface area contributed by atoms with E-state index in [0.29, 0.717) is 19.3 Å². The first-order chi connectivity index (χ1) is 30.4. The third-order valence-electron chi connectivity index (χ3n) is 12.8. The van der Waals surface area contributed by atoms with Gasteiger partial charge in [-0.2, -0.15) is 0 Å². The minimum Gasteiger partial charge on any atom is -0.462 e. The van der Waals surface area contributed by atoms with E-state index in [1.165, 1.54) is 212 Å². The fraction of sp³-hybridized carbons (Fsp3) is 0.946. The molecule has 0 radical (unpaired) electrons. The maximum absolute atomic E-state index is 12.8. The average molecular weight is 877 g/mol. The largest absolute Gasteiger partial charge is 0.462 e. The minimum absolute atomic E-state index is 0.0624. The molecule has 0 saturated heterocycles. The molecule has 0 saturated carbocycles. The lowest BCUT2D eigenvalue weighted by Crippen LogP contribution is -2.30. The number of ether oxygens (including phenoxy) is 3. The molecule has 0 fully saturated rings. The molecule has 0 N–H and O–H groups in total. The average Bonchev–Trinajstić information content (AvgIpc) is 3.26. The molecule has 0 aliphatic carbocycles. The van der Waals surface area contributed by atoms with Gasteiger partial charge < -0.3 is 14.2 Å². The Morgan fingerprint density at radius 2 is 0.532 bits per heavy atom. The Labute approximate surface area is 387 Å². The van der Waals surface area contributed by atoms with Gasteiger partial charge in [0.15, 0.2) is 6.10 Å². The van der Waals surface area contributed by atoms with Gasteiger partial charge in [-0.25, -0.2) is 0 Å². The number of hydrogen-bond donors (Lipinski definition) is 0. The van der Waals surface area contributed by atoms with Crippen LogP contribution < -0.4 is 0 Å². The smallest absolute Gasteiger partial charge is 0.306 e. The monoisotopic (exact) mass is 877 g/mol. The molecule has 6 heteroatoms. The second-order valence-corrected chi connectivity index (χ2v) is 19.7. The lowest BCUT2D eigenvalue weighted by Gasteiger charge is -2.18. The van der Waals surface area contributed by atoms with Crippen molar-refractivity contribution in [3.63, 3.8) is 0 Å². The molecular formula is C56H108O6. The first kappa shape index (κ1) is 60.4. The van der Waals surface area contributed by atoms with Gasteiger partial charge in [-0.1, -0.05) is 278 Å². The fourth-order valence-electron chi connectivity index (χ4n) is 8.57. The highest BCUT2D eigenvalue weighted by molar-refractivity contribution is 5.71. The summed E-state index contributed by atoms with van der Waals surface area (Å²) in [6.45, 7) is 9.03. The van der Waals surface area contributed by atoms with Crippen molar-refractivity contribution in [2.75, 3.05) is 13.2 Å². The molecule has 368 valence electrons. The predicted octanol–water partition coefficient (Wildman–Crippen LogP) is 18.2. The second-order valence-electron chi connectivity index (χ2n) is 19.7. The van der Waals surface area contributed by atoms with Crippen molar-refractivity contribution in [2.45, 2.75) is 323 Å². The highest BCUT2D eigenvalue weighted by Crippen LogP contribution is 2.18. The highest BCUT2D eigenvalue weighted by atomic mass is 16.6. The maximum Gasteiger partial charge on any atom is 0.306 e. The van der Waals surface area contributed by atoms with Crippen LogP contribution in [0, 0.1) is 5.92 Å². The Bertz CT molecular complexity index is 933. The summed E-state index contributed by atoms with van der Waals surface area (Å²) in [7, 11) is 0. The lowest BCUT2D eigenvalue weighted by molar-refractivity contribution is -0.167. The molecule has 0 aromatic rings. The van der Waals surface area contributed by atoms with Crippen molar-refractivity contribution in [3.8, 4) is 0 Å². The van der Waals surface area contributed by atoms with Gasteiger partial charge in [-0.15, -0.1) is 0 Å². The van der Waals surface area contributed by atoms with Crippen LogP contribution in [0.1, 0.15) is 317 Å². The number of esters is 3. The predicted molar refractivity (Wildman–Crippen MR) is 266 cm³/mol. The summed E-state index contributed by atoms with van der Waals surface area (Å²) in [6.07, 6.45) is 53.8.